The zero-order valence-electron chi connectivity index (χ0n) is 12.4. The highest BCUT2D eigenvalue weighted by molar-refractivity contribution is 6.19. The number of nitrogens with zero attached hydrogens (tertiary/aromatic N) is 4. The monoisotopic (exact) mass is 293 g/mol. The molecule has 1 aromatic heterocycles. The zero-order valence-corrected chi connectivity index (χ0v) is 12.4. The molecule has 4 amide bonds. The second-order valence-corrected chi connectivity index (χ2v) is 5.11. The highest BCUT2D eigenvalue weighted by Crippen LogP contribution is 2.32. The van der Waals surface area contributed by atoms with E-state index in [9.17, 15) is 14.4 Å². The first-order valence-corrected chi connectivity index (χ1v) is 6.96. The van der Waals surface area contributed by atoms with Crippen LogP contribution in [0.2, 0.25) is 0 Å². The van der Waals surface area contributed by atoms with Crippen LogP contribution in [0, 0.1) is 5.41 Å². The van der Waals surface area contributed by atoms with Gasteiger partial charge in [0.05, 0.1) is 0 Å². The Morgan fingerprint density at radius 2 is 1.90 bits per heavy atom. The molecule has 114 valence electrons. The normalized spacial score (nSPS) is 18.0. The lowest BCUT2D eigenvalue weighted by atomic mass is 9.78. The molecule has 0 atom stereocenters. The van der Waals surface area contributed by atoms with Crippen molar-refractivity contribution in [3.63, 3.8) is 0 Å². The third kappa shape index (κ3) is 2.41. The van der Waals surface area contributed by atoms with Crippen molar-refractivity contribution >= 4 is 17.8 Å². The van der Waals surface area contributed by atoms with E-state index in [1.807, 2.05) is 0 Å². The minimum Gasteiger partial charge on any atom is -0.321 e. The number of carbonyl (C=O) groups excluding carboxylic acids is 3. The first-order chi connectivity index (χ1) is 9.96. The van der Waals surface area contributed by atoms with Gasteiger partial charge in [0.15, 0.2) is 0 Å². The van der Waals surface area contributed by atoms with Crippen molar-refractivity contribution in [2.24, 2.45) is 12.5 Å². The third-order valence-corrected chi connectivity index (χ3v) is 4.13. The Hall–Kier alpha value is -2.25. The second kappa shape index (κ2) is 5.63. The van der Waals surface area contributed by atoms with Crippen LogP contribution < -0.4 is 5.32 Å². The summed E-state index contributed by atoms with van der Waals surface area (Å²) in [6.07, 6.45) is 2.68. The molecule has 1 aliphatic heterocycles. The van der Waals surface area contributed by atoms with Gasteiger partial charge in [0.2, 0.25) is 11.8 Å². The summed E-state index contributed by atoms with van der Waals surface area (Å²) >= 11 is 0. The molecule has 8 nitrogen and oxygen atoms in total. The molecule has 21 heavy (non-hydrogen) atoms. The van der Waals surface area contributed by atoms with Crippen molar-refractivity contribution in [3.8, 4) is 0 Å². The molecule has 0 radical (unpaired) electrons. The molecular formula is C13H19N5O3. The Labute approximate surface area is 122 Å². The number of urea groups is 1. The minimum atomic E-state index is -1.15. The molecule has 0 bridgehead atoms. The lowest BCUT2D eigenvalue weighted by molar-refractivity contribution is -0.152. The van der Waals surface area contributed by atoms with Gasteiger partial charge in [-0.1, -0.05) is 13.8 Å². The van der Waals surface area contributed by atoms with Crippen LogP contribution in [-0.4, -0.2) is 44.1 Å². The standard InChI is InChI=1S/C13H19N5O3/c1-4-13(5-2)10(19)15-12(21)18(11(13)20)7-6-9-16-14-8-17(9)3/h8H,4-7H2,1-3H3,(H,15,19,21). The summed E-state index contributed by atoms with van der Waals surface area (Å²) in [5.41, 5.74) is -1.15. The van der Waals surface area contributed by atoms with E-state index >= 15 is 0 Å². The summed E-state index contributed by atoms with van der Waals surface area (Å²) in [4.78, 5) is 37.6. The van der Waals surface area contributed by atoms with Crippen molar-refractivity contribution in [2.45, 2.75) is 33.1 Å². The van der Waals surface area contributed by atoms with E-state index < -0.39 is 23.3 Å². The van der Waals surface area contributed by atoms with E-state index in [2.05, 4.69) is 15.5 Å². The van der Waals surface area contributed by atoms with Gasteiger partial charge in [0, 0.05) is 20.0 Å². The molecule has 0 saturated carbocycles. The number of hydrogen-bond donors (Lipinski definition) is 1. The number of rotatable bonds is 5. The molecule has 1 aliphatic rings. The van der Waals surface area contributed by atoms with Gasteiger partial charge in [-0.3, -0.25) is 19.8 Å². The lowest BCUT2D eigenvalue weighted by Gasteiger charge is -2.38. The maximum atomic E-state index is 12.6. The fourth-order valence-corrected chi connectivity index (χ4v) is 2.55. The highest BCUT2D eigenvalue weighted by atomic mass is 16.2. The number of aromatic nitrogens is 3. The van der Waals surface area contributed by atoms with E-state index in [0.29, 0.717) is 25.1 Å². The summed E-state index contributed by atoms with van der Waals surface area (Å²) < 4.78 is 1.73. The van der Waals surface area contributed by atoms with Crippen molar-refractivity contribution in [2.75, 3.05) is 6.54 Å². The van der Waals surface area contributed by atoms with E-state index in [-0.39, 0.29) is 6.54 Å². The van der Waals surface area contributed by atoms with Crippen LogP contribution in [-0.2, 0) is 23.1 Å². The number of carbonyl (C=O) groups is 3. The Morgan fingerprint density at radius 1 is 1.24 bits per heavy atom. The lowest BCUT2D eigenvalue weighted by Crippen LogP contribution is -2.63. The number of aryl methyl sites for hydroxylation is 1. The van der Waals surface area contributed by atoms with Crippen molar-refractivity contribution < 1.29 is 14.4 Å². The van der Waals surface area contributed by atoms with Crippen LogP contribution in [0.25, 0.3) is 0 Å². The maximum absolute atomic E-state index is 12.6. The number of barbiturate groups is 1. The zero-order chi connectivity index (χ0) is 15.6. The number of amides is 4. The van der Waals surface area contributed by atoms with Crippen LogP contribution in [0.15, 0.2) is 6.33 Å². The van der Waals surface area contributed by atoms with Crippen molar-refractivity contribution in [1.82, 2.24) is 25.0 Å². The SMILES string of the molecule is CCC1(CC)C(=O)NC(=O)N(CCc2nncn2C)C1=O. The van der Waals surface area contributed by atoms with Crippen molar-refractivity contribution in [1.29, 1.82) is 0 Å². The van der Waals surface area contributed by atoms with E-state index in [0.717, 1.165) is 4.90 Å². The van der Waals surface area contributed by atoms with Crippen LogP contribution in [0.1, 0.15) is 32.5 Å². The molecule has 1 saturated heterocycles. The van der Waals surface area contributed by atoms with Gasteiger partial charge in [-0.15, -0.1) is 10.2 Å². The summed E-state index contributed by atoms with van der Waals surface area (Å²) in [6.45, 7) is 3.72. The largest absolute Gasteiger partial charge is 0.330 e. The molecule has 1 fully saturated rings. The van der Waals surface area contributed by atoms with Crippen LogP contribution in [0.5, 0.6) is 0 Å². The smallest absolute Gasteiger partial charge is 0.321 e. The maximum Gasteiger partial charge on any atom is 0.330 e. The second-order valence-electron chi connectivity index (χ2n) is 5.11. The fourth-order valence-electron chi connectivity index (χ4n) is 2.55. The van der Waals surface area contributed by atoms with E-state index in [4.69, 9.17) is 0 Å². The molecule has 1 aromatic rings. The summed E-state index contributed by atoms with van der Waals surface area (Å²) in [7, 11) is 1.79. The molecule has 0 aromatic carbocycles. The van der Waals surface area contributed by atoms with E-state index in [1.165, 1.54) is 0 Å². The average Bonchev–Trinajstić information content (AvgIpc) is 2.85. The predicted octanol–water partition coefficient (Wildman–Crippen LogP) is 0.242. The molecule has 0 unspecified atom stereocenters. The number of nitrogens with one attached hydrogen (secondary N) is 1. The summed E-state index contributed by atoms with van der Waals surface area (Å²) in [6, 6.07) is -0.662. The predicted molar refractivity (Wildman–Crippen MR) is 73.0 cm³/mol. The first-order valence-electron chi connectivity index (χ1n) is 6.96. The van der Waals surface area contributed by atoms with Gasteiger partial charge in [0.25, 0.3) is 0 Å². The molecule has 2 rings (SSSR count). The van der Waals surface area contributed by atoms with Gasteiger partial charge in [-0.25, -0.2) is 4.79 Å². The molecule has 2 heterocycles. The summed E-state index contributed by atoms with van der Waals surface area (Å²) in [5, 5.41) is 9.95. The summed E-state index contributed by atoms with van der Waals surface area (Å²) in [5.74, 6) is -0.257. The van der Waals surface area contributed by atoms with Gasteiger partial charge in [-0.05, 0) is 12.8 Å². The number of imide groups is 2. The van der Waals surface area contributed by atoms with Crippen LogP contribution in [0.4, 0.5) is 4.79 Å². The highest BCUT2D eigenvalue weighted by Gasteiger charge is 2.51. The Bertz CT molecular complexity index is 576. The molecule has 0 aliphatic carbocycles. The third-order valence-electron chi connectivity index (χ3n) is 4.13. The van der Waals surface area contributed by atoms with E-state index in [1.54, 1.807) is 31.8 Å². The van der Waals surface area contributed by atoms with Gasteiger partial charge in [0.1, 0.15) is 17.6 Å². The van der Waals surface area contributed by atoms with Gasteiger partial charge < -0.3 is 4.57 Å². The topological polar surface area (TPSA) is 97.2 Å². The van der Waals surface area contributed by atoms with Crippen molar-refractivity contribution in [3.05, 3.63) is 12.2 Å². The molecule has 8 heteroatoms. The molecule has 0 spiro atoms. The average molecular weight is 293 g/mol. The fraction of sp³-hybridized carbons (Fsp3) is 0.615. The van der Waals surface area contributed by atoms with Crippen LogP contribution >= 0.6 is 0 Å². The molecule has 1 N–H and O–H groups in total. The van der Waals surface area contributed by atoms with Gasteiger partial charge in [-0.2, -0.15) is 0 Å². The molecular weight excluding hydrogens is 274 g/mol. The quantitative estimate of drug-likeness (QED) is 0.784. The Kier molecular flexibility index (Phi) is 4.06. The van der Waals surface area contributed by atoms with Crippen LogP contribution in [0.3, 0.4) is 0 Å². The minimum absolute atomic E-state index is 0.173. The first kappa shape index (κ1) is 15.1. The Balaban J connectivity index is 2.18. The Morgan fingerprint density at radius 3 is 2.43 bits per heavy atom. The number of hydrogen-bond acceptors (Lipinski definition) is 5. The van der Waals surface area contributed by atoms with Gasteiger partial charge >= 0.3 is 6.03 Å².